The van der Waals surface area contributed by atoms with Crippen molar-refractivity contribution in [3.63, 3.8) is 0 Å². The highest BCUT2D eigenvalue weighted by Crippen LogP contribution is 2.44. The van der Waals surface area contributed by atoms with Crippen molar-refractivity contribution >= 4 is 21.6 Å². The summed E-state index contributed by atoms with van der Waals surface area (Å²) < 4.78 is 7.28. The Hall–Kier alpha value is -1.17. The van der Waals surface area contributed by atoms with Gasteiger partial charge in [-0.2, -0.15) is 0 Å². The fourth-order valence-corrected chi connectivity index (χ4v) is 3.94. The van der Waals surface area contributed by atoms with Crippen LogP contribution >= 0.6 is 11.3 Å². The zero-order valence-corrected chi connectivity index (χ0v) is 13.0. The van der Waals surface area contributed by atoms with E-state index in [0.29, 0.717) is 0 Å². The smallest absolute Gasteiger partial charge is 0.146 e. The number of nitrogens with one attached hydrogen (secondary N) is 1. The van der Waals surface area contributed by atoms with Gasteiger partial charge in [0.2, 0.25) is 0 Å². The second-order valence-electron chi connectivity index (χ2n) is 5.87. The van der Waals surface area contributed by atoms with Gasteiger partial charge in [-0.15, -0.1) is 11.3 Å². The van der Waals surface area contributed by atoms with Crippen LogP contribution in [0.1, 0.15) is 23.8 Å². The van der Waals surface area contributed by atoms with E-state index in [0.717, 1.165) is 56.5 Å². The van der Waals surface area contributed by atoms with Crippen LogP contribution in [-0.2, 0) is 0 Å². The van der Waals surface area contributed by atoms with Crippen LogP contribution in [-0.4, -0.2) is 49.2 Å². The van der Waals surface area contributed by atoms with Gasteiger partial charge in [0.1, 0.15) is 17.9 Å². The molecule has 1 aromatic carbocycles. The SMILES string of the molecule is c1cc(OCCN2CCNCC2)c2nc(C3CC3)sc2c1. The number of hydrogen-bond acceptors (Lipinski definition) is 5. The standard InChI is InChI=1S/C16H21N3OS/c1-2-13(20-11-10-19-8-6-17-7-9-19)15-14(3-1)21-16(18-15)12-4-5-12/h1-3,12,17H,4-11H2. The maximum absolute atomic E-state index is 6.02. The molecule has 4 rings (SSSR count). The van der Waals surface area contributed by atoms with E-state index in [1.54, 1.807) is 0 Å². The Labute approximate surface area is 129 Å². The van der Waals surface area contributed by atoms with E-state index < -0.39 is 0 Å². The molecular formula is C16H21N3OS. The quantitative estimate of drug-likeness (QED) is 0.921. The molecule has 0 unspecified atom stereocenters. The summed E-state index contributed by atoms with van der Waals surface area (Å²) in [7, 11) is 0. The molecule has 21 heavy (non-hydrogen) atoms. The first-order valence-electron chi connectivity index (χ1n) is 7.85. The van der Waals surface area contributed by atoms with Crippen molar-refractivity contribution in [3.8, 4) is 5.75 Å². The molecule has 2 aromatic rings. The fourth-order valence-electron chi connectivity index (χ4n) is 2.78. The van der Waals surface area contributed by atoms with E-state index in [2.05, 4.69) is 28.4 Å². The second kappa shape index (κ2) is 5.91. The molecule has 0 bridgehead atoms. The number of benzene rings is 1. The fraction of sp³-hybridized carbons (Fsp3) is 0.562. The van der Waals surface area contributed by atoms with Gasteiger partial charge in [-0.25, -0.2) is 4.98 Å². The Morgan fingerprint density at radius 3 is 2.95 bits per heavy atom. The monoisotopic (exact) mass is 303 g/mol. The topological polar surface area (TPSA) is 37.4 Å². The van der Waals surface area contributed by atoms with Crippen LogP contribution in [0.15, 0.2) is 18.2 Å². The summed E-state index contributed by atoms with van der Waals surface area (Å²) in [6.45, 7) is 6.16. The van der Waals surface area contributed by atoms with E-state index in [1.807, 2.05) is 11.3 Å². The molecule has 0 atom stereocenters. The molecule has 4 nitrogen and oxygen atoms in total. The minimum absolute atomic E-state index is 0.719. The van der Waals surface area contributed by atoms with Crippen molar-refractivity contribution in [2.24, 2.45) is 0 Å². The highest BCUT2D eigenvalue weighted by molar-refractivity contribution is 7.18. The van der Waals surface area contributed by atoms with Crippen LogP contribution in [0.4, 0.5) is 0 Å². The lowest BCUT2D eigenvalue weighted by atomic mass is 10.3. The number of piperazine rings is 1. The van der Waals surface area contributed by atoms with Crippen LogP contribution in [0, 0.1) is 0 Å². The molecule has 1 N–H and O–H groups in total. The highest BCUT2D eigenvalue weighted by atomic mass is 32.1. The average Bonchev–Trinajstić information content (AvgIpc) is 3.28. The lowest BCUT2D eigenvalue weighted by molar-refractivity contribution is 0.192. The van der Waals surface area contributed by atoms with E-state index in [1.165, 1.54) is 22.5 Å². The molecule has 2 fully saturated rings. The van der Waals surface area contributed by atoms with Gasteiger partial charge in [0, 0.05) is 38.6 Å². The first-order valence-corrected chi connectivity index (χ1v) is 8.67. The molecular weight excluding hydrogens is 282 g/mol. The Morgan fingerprint density at radius 1 is 1.29 bits per heavy atom. The minimum atomic E-state index is 0.719. The minimum Gasteiger partial charge on any atom is -0.490 e. The zero-order valence-electron chi connectivity index (χ0n) is 12.2. The summed E-state index contributed by atoms with van der Waals surface area (Å²) in [6.07, 6.45) is 2.61. The van der Waals surface area contributed by atoms with Crippen molar-refractivity contribution in [1.82, 2.24) is 15.2 Å². The third-order valence-corrected chi connectivity index (χ3v) is 5.38. The van der Waals surface area contributed by atoms with Crippen LogP contribution in [0.25, 0.3) is 10.2 Å². The van der Waals surface area contributed by atoms with Gasteiger partial charge in [0.05, 0.1) is 9.71 Å². The van der Waals surface area contributed by atoms with Gasteiger partial charge in [-0.3, -0.25) is 4.90 Å². The zero-order chi connectivity index (χ0) is 14.1. The van der Waals surface area contributed by atoms with Crippen molar-refractivity contribution in [2.45, 2.75) is 18.8 Å². The van der Waals surface area contributed by atoms with Crippen LogP contribution in [0.2, 0.25) is 0 Å². The summed E-state index contributed by atoms with van der Waals surface area (Å²) in [5, 5.41) is 4.67. The molecule has 1 aliphatic heterocycles. The molecule has 0 amide bonds. The lowest BCUT2D eigenvalue weighted by Gasteiger charge is -2.26. The highest BCUT2D eigenvalue weighted by Gasteiger charge is 2.27. The van der Waals surface area contributed by atoms with Gasteiger partial charge >= 0.3 is 0 Å². The number of thiazole rings is 1. The van der Waals surface area contributed by atoms with Crippen molar-refractivity contribution < 1.29 is 4.74 Å². The van der Waals surface area contributed by atoms with Gasteiger partial charge in [-0.05, 0) is 25.0 Å². The molecule has 5 heteroatoms. The number of hydrogen-bond donors (Lipinski definition) is 1. The van der Waals surface area contributed by atoms with E-state index in [9.17, 15) is 0 Å². The summed E-state index contributed by atoms with van der Waals surface area (Å²) in [6, 6.07) is 6.29. The lowest BCUT2D eigenvalue weighted by Crippen LogP contribution is -2.44. The number of nitrogens with zero attached hydrogens (tertiary/aromatic N) is 2. The molecule has 1 saturated carbocycles. The predicted molar refractivity (Wildman–Crippen MR) is 86.4 cm³/mol. The average molecular weight is 303 g/mol. The number of para-hydroxylation sites is 1. The predicted octanol–water partition coefficient (Wildman–Crippen LogP) is 2.46. The Morgan fingerprint density at radius 2 is 2.14 bits per heavy atom. The van der Waals surface area contributed by atoms with Crippen molar-refractivity contribution in [1.29, 1.82) is 0 Å². The molecule has 1 saturated heterocycles. The van der Waals surface area contributed by atoms with Gasteiger partial charge in [0.25, 0.3) is 0 Å². The Kier molecular flexibility index (Phi) is 3.80. The van der Waals surface area contributed by atoms with Crippen molar-refractivity contribution in [3.05, 3.63) is 23.2 Å². The third kappa shape index (κ3) is 3.05. The normalized spacial score (nSPS) is 20.0. The molecule has 1 aliphatic carbocycles. The summed E-state index contributed by atoms with van der Waals surface area (Å²) in [5.41, 5.74) is 1.06. The third-order valence-electron chi connectivity index (χ3n) is 4.20. The number of aromatic nitrogens is 1. The first-order chi connectivity index (χ1) is 10.4. The molecule has 1 aromatic heterocycles. The summed E-state index contributed by atoms with van der Waals surface area (Å²) in [5.74, 6) is 1.67. The van der Waals surface area contributed by atoms with Gasteiger partial charge in [0.15, 0.2) is 0 Å². The van der Waals surface area contributed by atoms with Crippen LogP contribution < -0.4 is 10.1 Å². The maximum Gasteiger partial charge on any atom is 0.146 e. The summed E-state index contributed by atoms with van der Waals surface area (Å²) in [4.78, 5) is 7.26. The maximum atomic E-state index is 6.02. The summed E-state index contributed by atoms with van der Waals surface area (Å²) >= 11 is 1.83. The van der Waals surface area contributed by atoms with Gasteiger partial charge < -0.3 is 10.1 Å². The Bertz CT molecular complexity index is 617. The van der Waals surface area contributed by atoms with Gasteiger partial charge in [-0.1, -0.05) is 6.07 Å². The van der Waals surface area contributed by atoms with E-state index in [-0.39, 0.29) is 0 Å². The van der Waals surface area contributed by atoms with Crippen molar-refractivity contribution in [2.75, 3.05) is 39.3 Å². The number of ether oxygens (including phenoxy) is 1. The molecule has 0 spiro atoms. The molecule has 112 valence electrons. The molecule has 2 heterocycles. The van der Waals surface area contributed by atoms with Crippen LogP contribution in [0.3, 0.4) is 0 Å². The van der Waals surface area contributed by atoms with E-state index in [4.69, 9.17) is 9.72 Å². The largest absolute Gasteiger partial charge is 0.490 e. The molecule has 0 radical (unpaired) electrons. The second-order valence-corrected chi connectivity index (χ2v) is 6.93. The number of fused-ring (bicyclic) bond motifs is 1. The van der Waals surface area contributed by atoms with E-state index >= 15 is 0 Å². The molecule has 2 aliphatic rings. The van der Waals surface area contributed by atoms with Crippen LogP contribution in [0.5, 0.6) is 5.75 Å². The number of rotatable bonds is 5. The first kappa shape index (κ1) is 13.5. The Balaban J connectivity index is 1.42.